The molecule has 0 radical (unpaired) electrons. The Labute approximate surface area is 122 Å². The summed E-state index contributed by atoms with van der Waals surface area (Å²) in [5.74, 6) is 0.212. The first-order valence-corrected chi connectivity index (χ1v) is 6.91. The predicted octanol–water partition coefficient (Wildman–Crippen LogP) is 3.32. The second kappa shape index (κ2) is 5.56. The summed E-state index contributed by atoms with van der Waals surface area (Å²) in [6, 6.07) is 12.1. The van der Waals surface area contributed by atoms with Crippen LogP contribution in [0.2, 0.25) is 0 Å². The second-order valence-corrected chi connectivity index (χ2v) is 5.27. The fourth-order valence-corrected chi connectivity index (χ4v) is 2.50. The third-order valence-electron chi connectivity index (χ3n) is 3.70. The molecule has 21 heavy (non-hydrogen) atoms. The van der Waals surface area contributed by atoms with Gasteiger partial charge in [0.2, 0.25) is 5.91 Å². The van der Waals surface area contributed by atoms with E-state index in [-0.39, 0.29) is 17.6 Å². The van der Waals surface area contributed by atoms with Crippen LogP contribution in [0.15, 0.2) is 42.5 Å². The molecule has 1 heterocycles. The minimum Gasteiger partial charge on any atom is -0.492 e. The first kappa shape index (κ1) is 13.6. The summed E-state index contributed by atoms with van der Waals surface area (Å²) in [5.41, 5.74) is 2.39. The smallest absolute Gasteiger partial charge is 0.231 e. The van der Waals surface area contributed by atoms with Crippen LogP contribution in [0.25, 0.3) is 0 Å². The Balaban J connectivity index is 1.72. The molecule has 2 aromatic rings. The molecular formula is C17H16FNO2. The average molecular weight is 285 g/mol. The van der Waals surface area contributed by atoms with Gasteiger partial charge in [0.1, 0.15) is 18.2 Å². The van der Waals surface area contributed by atoms with Crippen molar-refractivity contribution in [3.8, 4) is 5.75 Å². The van der Waals surface area contributed by atoms with Crippen molar-refractivity contribution in [2.75, 3.05) is 11.9 Å². The summed E-state index contributed by atoms with van der Waals surface area (Å²) in [6.07, 6.45) is 0.655. The molecule has 1 aliphatic heterocycles. The largest absolute Gasteiger partial charge is 0.492 e. The van der Waals surface area contributed by atoms with Gasteiger partial charge < -0.3 is 10.1 Å². The maximum Gasteiger partial charge on any atom is 0.231 e. The number of aryl methyl sites for hydroxylation is 1. The quantitative estimate of drug-likeness (QED) is 0.919. The molecule has 1 N–H and O–H groups in total. The van der Waals surface area contributed by atoms with E-state index < -0.39 is 0 Å². The van der Waals surface area contributed by atoms with Crippen LogP contribution >= 0.6 is 0 Å². The van der Waals surface area contributed by atoms with E-state index >= 15 is 0 Å². The number of hydrogen-bond acceptors (Lipinski definition) is 2. The summed E-state index contributed by atoms with van der Waals surface area (Å²) >= 11 is 0. The molecule has 3 nitrogen and oxygen atoms in total. The van der Waals surface area contributed by atoms with Gasteiger partial charge in [0.25, 0.3) is 0 Å². The molecule has 108 valence electrons. The van der Waals surface area contributed by atoms with Gasteiger partial charge in [-0.2, -0.15) is 0 Å². The summed E-state index contributed by atoms with van der Waals surface area (Å²) in [5, 5.41) is 2.85. The maximum atomic E-state index is 13.1. The highest BCUT2D eigenvalue weighted by molar-refractivity contribution is 5.93. The van der Waals surface area contributed by atoms with Crippen LogP contribution in [-0.2, 0) is 11.2 Å². The lowest BCUT2D eigenvalue weighted by Crippen LogP contribution is -2.32. The molecule has 1 aliphatic rings. The van der Waals surface area contributed by atoms with Crippen LogP contribution in [0, 0.1) is 18.7 Å². The third kappa shape index (κ3) is 2.89. The molecule has 0 spiro atoms. The number of rotatable bonds is 2. The summed E-state index contributed by atoms with van der Waals surface area (Å²) < 4.78 is 18.7. The molecule has 0 saturated carbocycles. The Morgan fingerprint density at radius 2 is 2.10 bits per heavy atom. The van der Waals surface area contributed by atoms with Crippen LogP contribution in [-0.4, -0.2) is 12.5 Å². The number of hydrogen-bond donors (Lipinski definition) is 1. The highest BCUT2D eigenvalue weighted by Gasteiger charge is 2.26. The van der Waals surface area contributed by atoms with E-state index in [2.05, 4.69) is 5.32 Å². The molecule has 1 amide bonds. The first-order chi connectivity index (χ1) is 10.1. The Bertz CT molecular complexity index is 684. The van der Waals surface area contributed by atoms with Crippen LogP contribution in [0.5, 0.6) is 5.75 Å². The van der Waals surface area contributed by atoms with Gasteiger partial charge in [0.05, 0.1) is 5.92 Å². The fraction of sp³-hybridized carbons (Fsp3) is 0.235. The number of carbonyl (C=O) groups excluding carboxylic acids is 1. The second-order valence-electron chi connectivity index (χ2n) is 5.27. The van der Waals surface area contributed by atoms with Gasteiger partial charge in [-0.3, -0.25) is 4.79 Å². The topological polar surface area (TPSA) is 38.3 Å². The van der Waals surface area contributed by atoms with Crippen LogP contribution in [0.1, 0.15) is 11.1 Å². The van der Waals surface area contributed by atoms with E-state index in [1.807, 2.05) is 24.3 Å². The van der Waals surface area contributed by atoms with Crippen molar-refractivity contribution in [2.24, 2.45) is 5.92 Å². The molecule has 0 aliphatic carbocycles. The van der Waals surface area contributed by atoms with Gasteiger partial charge in [-0.25, -0.2) is 4.39 Å². The maximum absolute atomic E-state index is 13.1. The van der Waals surface area contributed by atoms with Gasteiger partial charge in [0.15, 0.2) is 0 Å². The number of nitrogens with one attached hydrogen (secondary N) is 1. The van der Waals surface area contributed by atoms with E-state index in [0.717, 1.165) is 11.3 Å². The molecule has 2 aromatic carbocycles. The molecule has 0 saturated heterocycles. The predicted molar refractivity (Wildman–Crippen MR) is 78.9 cm³/mol. The molecule has 4 heteroatoms. The minimum absolute atomic E-state index is 0.0980. The summed E-state index contributed by atoms with van der Waals surface area (Å²) in [6.45, 7) is 2.13. The van der Waals surface area contributed by atoms with E-state index in [1.165, 1.54) is 12.1 Å². The number of halogens is 1. The fourth-order valence-electron chi connectivity index (χ4n) is 2.50. The van der Waals surface area contributed by atoms with Crippen LogP contribution in [0.4, 0.5) is 10.1 Å². The lowest BCUT2D eigenvalue weighted by atomic mass is 9.96. The number of amides is 1. The van der Waals surface area contributed by atoms with Crippen LogP contribution < -0.4 is 10.1 Å². The molecule has 3 rings (SSSR count). The zero-order valence-electron chi connectivity index (χ0n) is 11.7. The Morgan fingerprint density at radius 3 is 2.90 bits per heavy atom. The Kier molecular flexibility index (Phi) is 3.60. The average Bonchev–Trinajstić information content (AvgIpc) is 2.49. The Hall–Kier alpha value is -2.36. The van der Waals surface area contributed by atoms with Gasteiger partial charge in [-0.1, -0.05) is 18.2 Å². The summed E-state index contributed by atoms with van der Waals surface area (Å²) in [7, 11) is 0. The zero-order valence-corrected chi connectivity index (χ0v) is 11.7. The van der Waals surface area contributed by atoms with Crippen molar-refractivity contribution in [1.82, 2.24) is 0 Å². The molecule has 0 aromatic heterocycles. The van der Waals surface area contributed by atoms with E-state index in [9.17, 15) is 9.18 Å². The van der Waals surface area contributed by atoms with Gasteiger partial charge in [-0.05, 0) is 48.7 Å². The van der Waals surface area contributed by atoms with Gasteiger partial charge in [-0.15, -0.1) is 0 Å². The third-order valence-corrected chi connectivity index (χ3v) is 3.70. The highest BCUT2D eigenvalue weighted by atomic mass is 19.1. The van der Waals surface area contributed by atoms with Crippen molar-refractivity contribution >= 4 is 11.6 Å². The van der Waals surface area contributed by atoms with E-state index in [0.29, 0.717) is 24.3 Å². The molecule has 0 bridgehead atoms. The van der Waals surface area contributed by atoms with Crippen molar-refractivity contribution in [3.63, 3.8) is 0 Å². The number of para-hydroxylation sites is 1. The standard InChI is InChI=1S/C17H16FNO2/c1-11-8-14(18)6-7-15(11)19-17(20)13-9-12-4-2-3-5-16(12)21-10-13/h2-8,13H,9-10H2,1H3,(H,19,20). The molecule has 1 atom stereocenters. The van der Waals surface area contributed by atoms with Crippen molar-refractivity contribution in [3.05, 3.63) is 59.4 Å². The van der Waals surface area contributed by atoms with E-state index in [1.54, 1.807) is 13.0 Å². The minimum atomic E-state index is -0.305. The Morgan fingerprint density at radius 1 is 1.29 bits per heavy atom. The van der Waals surface area contributed by atoms with Gasteiger partial charge in [0, 0.05) is 5.69 Å². The number of carbonyl (C=O) groups is 1. The van der Waals surface area contributed by atoms with E-state index in [4.69, 9.17) is 4.74 Å². The SMILES string of the molecule is Cc1cc(F)ccc1NC(=O)C1COc2ccccc2C1. The van der Waals surface area contributed by atoms with Gasteiger partial charge >= 0.3 is 0 Å². The van der Waals surface area contributed by atoms with Crippen LogP contribution in [0.3, 0.4) is 0 Å². The lowest BCUT2D eigenvalue weighted by Gasteiger charge is -2.24. The normalized spacial score (nSPS) is 16.8. The first-order valence-electron chi connectivity index (χ1n) is 6.91. The highest BCUT2D eigenvalue weighted by Crippen LogP contribution is 2.27. The van der Waals surface area contributed by atoms with Crippen molar-refractivity contribution in [1.29, 1.82) is 0 Å². The number of anilines is 1. The molecule has 1 unspecified atom stereocenters. The molecule has 0 fully saturated rings. The summed E-state index contributed by atoms with van der Waals surface area (Å²) in [4.78, 5) is 12.3. The van der Waals surface area contributed by atoms with Crippen molar-refractivity contribution < 1.29 is 13.9 Å². The monoisotopic (exact) mass is 285 g/mol. The number of fused-ring (bicyclic) bond motifs is 1. The lowest BCUT2D eigenvalue weighted by molar-refractivity contribution is -0.121. The molecular weight excluding hydrogens is 269 g/mol. The number of benzene rings is 2. The zero-order chi connectivity index (χ0) is 14.8. The number of ether oxygens (including phenoxy) is 1. The van der Waals surface area contributed by atoms with Crippen molar-refractivity contribution in [2.45, 2.75) is 13.3 Å².